The highest BCUT2D eigenvalue weighted by Gasteiger charge is 2.09. The van der Waals surface area contributed by atoms with E-state index in [1.165, 1.54) is 70.6 Å². The molecule has 0 fully saturated rings. The second-order valence-electron chi connectivity index (χ2n) is 11.1. The summed E-state index contributed by atoms with van der Waals surface area (Å²) in [6.07, 6.45) is 20.7. The van der Waals surface area contributed by atoms with Crippen LogP contribution >= 0.6 is 0 Å². The molecule has 0 amide bonds. The maximum atomic E-state index is 14.3. The summed E-state index contributed by atoms with van der Waals surface area (Å²) in [4.78, 5) is 9.14. The van der Waals surface area contributed by atoms with Gasteiger partial charge in [0, 0.05) is 23.5 Å². The SMILES string of the molecule is CCCCCCCCCCC(F)COc1ccc(-c2ncc(-c3ccc(OCCCCCCCC)cc3)cn2)cc1. The van der Waals surface area contributed by atoms with Gasteiger partial charge in [0.25, 0.3) is 0 Å². The number of unbranched alkanes of at least 4 members (excludes halogenated alkanes) is 12. The second-order valence-corrected chi connectivity index (χ2v) is 11.1. The van der Waals surface area contributed by atoms with Gasteiger partial charge in [-0.2, -0.15) is 0 Å². The van der Waals surface area contributed by atoms with Crippen LogP contribution in [0.1, 0.15) is 110 Å². The molecule has 2 aromatic carbocycles. The highest BCUT2D eigenvalue weighted by molar-refractivity contribution is 5.64. The molecule has 1 heterocycles. The van der Waals surface area contributed by atoms with Crippen molar-refractivity contribution >= 4 is 0 Å². The summed E-state index contributed by atoms with van der Waals surface area (Å²) < 4.78 is 25.9. The number of hydrogen-bond donors (Lipinski definition) is 0. The van der Waals surface area contributed by atoms with Crippen LogP contribution in [0.2, 0.25) is 0 Å². The smallest absolute Gasteiger partial charge is 0.159 e. The van der Waals surface area contributed by atoms with E-state index < -0.39 is 6.17 Å². The molecule has 3 rings (SSSR count). The predicted octanol–water partition coefficient (Wildman–Crippen LogP) is 10.8. The summed E-state index contributed by atoms with van der Waals surface area (Å²) in [7, 11) is 0. The van der Waals surface area contributed by atoms with E-state index >= 15 is 0 Å². The van der Waals surface area contributed by atoms with E-state index in [4.69, 9.17) is 9.47 Å². The van der Waals surface area contributed by atoms with Gasteiger partial charge in [0.15, 0.2) is 5.82 Å². The van der Waals surface area contributed by atoms with Crippen LogP contribution in [0.4, 0.5) is 4.39 Å². The van der Waals surface area contributed by atoms with Gasteiger partial charge in [-0.3, -0.25) is 0 Å². The van der Waals surface area contributed by atoms with Crippen molar-refractivity contribution in [3.05, 3.63) is 60.9 Å². The maximum absolute atomic E-state index is 14.3. The van der Waals surface area contributed by atoms with Crippen LogP contribution in [-0.2, 0) is 0 Å². The molecule has 0 aliphatic rings. The third-order valence-corrected chi connectivity index (χ3v) is 7.52. The number of aromatic nitrogens is 2. The molecule has 224 valence electrons. The molecular weight excluding hydrogens is 511 g/mol. The zero-order chi connectivity index (χ0) is 29.0. The molecule has 0 saturated heterocycles. The van der Waals surface area contributed by atoms with Crippen LogP contribution < -0.4 is 9.47 Å². The Kier molecular flexibility index (Phi) is 15.9. The summed E-state index contributed by atoms with van der Waals surface area (Å²) in [6.45, 7) is 5.34. The highest BCUT2D eigenvalue weighted by Crippen LogP contribution is 2.24. The Morgan fingerprint density at radius 1 is 0.561 bits per heavy atom. The first-order valence-electron chi connectivity index (χ1n) is 16.1. The molecule has 0 aliphatic carbocycles. The maximum Gasteiger partial charge on any atom is 0.159 e. The van der Waals surface area contributed by atoms with Gasteiger partial charge in [0.05, 0.1) is 6.61 Å². The summed E-state index contributed by atoms with van der Waals surface area (Å²) in [5.41, 5.74) is 2.92. The van der Waals surface area contributed by atoms with Crippen molar-refractivity contribution < 1.29 is 13.9 Å². The third kappa shape index (κ3) is 13.1. The fourth-order valence-electron chi connectivity index (χ4n) is 4.91. The second kappa shape index (κ2) is 20.0. The van der Waals surface area contributed by atoms with Crippen LogP contribution in [0.5, 0.6) is 11.5 Å². The molecular formula is C36H51FN2O2. The molecule has 0 bridgehead atoms. The van der Waals surface area contributed by atoms with Crippen molar-refractivity contribution in [2.75, 3.05) is 13.2 Å². The Hall–Kier alpha value is -2.95. The Bertz CT molecular complexity index is 1050. The van der Waals surface area contributed by atoms with E-state index in [1.54, 1.807) is 0 Å². The fourth-order valence-corrected chi connectivity index (χ4v) is 4.91. The van der Waals surface area contributed by atoms with Crippen molar-refractivity contribution in [2.24, 2.45) is 0 Å². The average Bonchev–Trinajstić information content (AvgIpc) is 3.01. The standard InChI is InChI=1S/C36H51FN2O2/c1-3-5-7-9-11-12-13-15-17-33(37)29-41-35-24-20-31(21-25-35)36-38-27-32(28-39-36)30-18-22-34(23-19-30)40-26-16-14-10-8-6-4-2/h18-25,27-28,33H,3-17,26,29H2,1-2H3. The van der Waals surface area contributed by atoms with E-state index in [0.717, 1.165) is 48.3 Å². The van der Waals surface area contributed by atoms with E-state index in [0.29, 0.717) is 18.0 Å². The highest BCUT2D eigenvalue weighted by atomic mass is 19.1. The lowest BCUT2D eigenvalue weighted by Gasteiger charge is -2.11. The number of hydrogen-bond acceptors (Lipinski definition) is 4. The molecule has 0 saturated carbocycles. The van der Waals surface area contributed by atoms with Crippen LogP contribution in [0.15, 0.2) is 60.9 Å². The zero-order valence-electron chi connectivity index (χ0n) is 25.5. The van der Waals surface area contributed by atoms with Crippen LogP contribution in [0.3, 0.4) is 0 Å². The molecule has 41 heavy (non-hydrogen) atoms. The van der Waals surface area contributed by atoms with Crippen molar-refractivity contribution in [3.63, 3.8) is 0 Å². The average molecular weight is 563 g/mol. The number of halogens is 1. The molecule has 5 heteroatoms. The van der Waals surface area contributed by atoms with Gasteiger partial charge in [0.1, 0.15) is 24.3 Å². The zero-order valence-corrected chi connectivity index (χ0v) is 25.5. The molecule has 1 aromatic heterocycles. The van der Waals surface area contributed by atoms with E-state index in [2.05, 4.69) is 23.8 Å². The lowest BCUT2D eigenvalue weighted by molar-refractivity contribution is 0.184. The molecule has 0 radical (unpaired) electrons. The quantitative estimate of drug-likeness (QED) is 0.114. The van der Waals surface area contributed by atoms with Crippen molar-refractivity contribution in [2.45, 2.75) is 116 Å². The predicted molar refractivity (Wildman–Crippen MR) is 169 cm³/mol. The topological polar surface area (TPSA) is 44.2 Å². The number of ether oxygens (including phenoxy) is 2. The van der Waals surface area contributed by atoms with Crippen LogP contribution in [0.25, 0.3) is 22.5 Å². The molecule has 3 aromatic rings. The van der Waals surface area contributed by atoms with Gasteiger partial charge in [-0.1, -0.05) is 109 Å². The normalized spacial score (nSPS) is 11.9. The van der Waals surface area contributed by atoms with Gasteiger partial charge < -0.3 is 9.47 Å². The monoisotopic (exact) mass is 562 g/mol. The fraction of sp³-hybridized carbons (Fsp3) is 0.556. The Morgan fingerprint density at radius 2 is 1.05 bits per heavy atom. The summed E-state index contributed by atoms with van der Waals surface area (Å²) in [5, 5.41) is 0. The molecule has 1 unspecified atom stereocenters. The van der Waals surface area contributed by atoms with E-state index in [9.17, 15) is 4.39 Å². The van der Waals surface area contributed by atoms with Gasteiger partial charge in [-0.15, -0.1) is 0 Å². The summed E-state index contributed by atoms with van der Waals surface area (Å²) >= 11 is 0. The van der Waals surface area contributed by atoms with Crippen molar-refractivity contribution in [1.29, 1.82) is 0 Å². The van der Waals surface area contributed by atoms with Gasteiger partial charge in [-0.25, -0.2) is 14.4 Å². The summed E-state index contributed by atoms with van der Waals surface area (Å²) in [5.74, 6) is 2.22. The summed E-state index contributed by atoms with van der Waals surface area (Å²) in [6, 6.07) is 15.7. The van der Waals surface area contributed by atoms with Crippen LogP contribution in [0, 0.1) is 0 Å². The molecule has 0 aliphatic heterocycles. The van der Waals surface area contributed by atoms with E-state index in [-0.39, 0.29) is 6.61 Å². The largest absolute Gasteiger partial charge is 0.494 e. The first-order chi connectivity index (χ1) is 20.2. The van der Waals surface area contributed by atoms with Crippen molar-refractivity contribution in [3.8, 4) is 34.0 Å². The minimum atomic E-state index is -0.924. The van der Waals surface area contributed by atoms with Crippen LogP contribution in [-0.4, -0.2) is 29.4 Å². The lowest BCUT2D eigenvalue weighted by atomic mass is 10.1. The lowest BCUT2D eigenvalue weighted by Crippen LogP contribution is -2.12. The Balaban J connectivity index is 1.36. The molecule has 4 nitrogen and oxygen atoms in total. The first kappa shape index (κ1) is 32.6. The minimum Gasteiger partial charge on any atom is -0.494 e. The van der Waals surface area contributed by atoms with Crippen molar-refractivity contribution in [1.82, 2.24) is 9.97 Å². The van der Waals surface area contributed by atoms with Gasteiger partial charge in [-0.05, 0) is 54.8 Å². The Labute approximate surface area is 248 Å². The van der Waals surface area contributed by atoms with Gasteiger partial charge in [0.2, 0.25) is 0 Å². The molecule has 1 atom stereocenters. The number of rotatable bonds is 22. The first-order valence-corrected chi connectivity index (χ1v) is 16.1. The number of nitrogens with zero attached hydrogens (tertiary/aromatic N) is 2. The molecule has 0 spiro atoms. The minimum absolute atomic E-state index is 0.101. The number of benzene rings is 2. The van der Waals surface area contributed by atoms with E-state index in [1.807, 2.05) is 60.9 Å². The third-order valence-electron chi connectivity index (χ3n) is 7.52. The number of alkyl halides is 1. The molecule has 0 N–H and O–H groups in total. The van der Waals surface area contributed by atoms with Gasteiger partial charge >= 0.3 is 0 Å². The Morgan fingerprint density at radius 3 is 1.63 bits per heavy atom.